The minimum atomic E-state index is -3.31. The molecule has 0 bridgehead atoms. The molecule has 0 unspecified atom stereocenters. The number of halogens is 1. The number of rotatable bonds is 3. The van der Waals surface area contributed by atoms with Crippen LogP contribution >= 0.6 is 11.6 Å². The lowest BCUT2D eigenvalue weighted by Crippen LogP contribution is -1.98. The van der Waals surface area contributed by atoms with Crippen LogP contribution in [0.4, 0.5) is 0 Å². The van der Waals surface area contributed by atoms with Crippen molar-refractivity contribution in [3.8, 4) is 0 Å². The Labute approximate surface area is 127 Å². The number of aromatic nitrogens is 2. The van der Waals surface area contributed by atoms with E-state index < -0.39 is 9.84 Å². The second kappa shape index (κ2) is 5.16. The van der Waals surface area contributed by atoms with Gasteiger partial charge in [-0.3, -0.25) is 0 Å². The lowest BCUT2D eigenvalue weighted by Gasteiger charge is -2.00. The highest BCUT2D eigenvalue weighted by molar-refractivity contribution is 7.91. The van der Waals surface area contributed by atoms with Crippen LogP contribution in [0.1, 0.15) is 11.4 Å². The summed E-state index contributed by atoms with van der Waals surface area (Å²) in [6.45, 7) is 0. The number of aromatic amines is 1. The molecule has 1 aromatic heterocycles. The standard InChI is InChI=1S/C15H13ClN2O2S/c1-21(19,20)13-8-4-7-12-15(13)18-14(17-12)9-10-5-2-3-6-11(10)16/h2-8H,9H2,1H3,(H,17,18). The minimum absolute atomic E-state index is 0.238. The fraction of sp³-hybridized carbons (Fsp3) is 0.133. The molecule has 6 heteroatoms. The van der Waals surface area contributed by atoms with Crippen LogP contribution in [0.3, 0.4) is 0 Å². The molecule has 0 aliphatic rings. The molecule has 2 aromatic carbocycles. The van der Waals surface area contributed by atoms with Crippen molar-refractivity contribution in [1.29, 1.82) is 0 Å². The summed E-state index contributed by atoms with van der Waals surface area (Å²) in [5.41, 5.74) is 2.13. The predicted octanol–water partition coefficient (Wildman–Crippen LogP) is 3.21. The topological polar surface area (TPSA) is 62.8 Å². The van der Waals surface area contributed by atoms with Gasteiger partial charge in [0, 0.05) is 17.7 Å². The Bertz CT molecular complexity index is 916. The molecule has 4 nitrogen and oxygen atoms in total. The van der Waals surface area contributed by atoms with Gasteiger partial charge in [-0.1, -0.05) is 35.9 Å². The highest BCUT2D eigenvalue weighted by atomic mass is 35.5. The second-order valence-corrected chi connectivity index (χ2v) is 7.27. The summed E-state index contributed by atoms with van der Waals surface area (Å²) in [6.07, 6.45) is 1.71. The summed E-state index contributed by atoms with van der Waals surface area (Å²) in [4.78, 5) is 7.81. The van der Waals surface area contributed by atoms with E-state index in [4.69, 9.17) is 11.6 Å². The number of nitrogens with one attached hydrogen (secondary N) is 1. The zero-order valence-electron chi connectivity index (χ0n) is 11.3. The van der Waals surface area contributed by atoms with Crippen LogP contribution in [0.15, 0.2) is 47.4 Å². The van der Waals surface area contributed by atoms with Crippen molar-refractivity contribution in [1.82, 2.24) is 9.97 Å². The molecule has 21 heavy (non-hydrogen) atoms. The SMILES string of the molecule is CS(=O)(=O)c1cccc2[nH]c(Cc3ccccc3Cl)nc12. The highest BCUT2D eigenvalue weighted by Gasteiger charge is 2.15. The van der Waals surface area contributed by atoms with Crippen LogP contribution in [0.5, 0.6) is 0 Å². The molecule has 0 radical (unpaired) electrons. The van der Waals surface area contributed by atoms with Crippen molar-refractivity contribution in [2.24, 2.45) is 0 Å². The fourth-order valence-electron chi connectivity index (χ4n) is 2.26. The Morgan fingerprint density at radius 2 is 1.90 bits per heavy atom. The first kappa shape index (κ1) is 14.1. The number of hydrogen-bond donors (Lipinski definition) is 1. The summed E-state index contributed by atoms with van der Waals surface area (Å²) < 4.78 is 23.6. The molecule has 0 aliphatic heterocycles. The van der Waals surface area contributed by atoms with Crippen LogP contribution in [0.2, 0.25) is 5.02 Å². The number of para-hydroxylation sites is 1. The summed E-state index contributed by atoms with van der Waals surface area (Å²) in [6, 6.07) is 12.6. The van der Waals surface area contributed by atoms with Crippen molar-refractivity contribution in [3.05, 3.63) is 58.9 Å². The molecule has 0 aliphatic carbocycles. The van der Waals surface area contributed by atoms with Crippen molar-refractivity contribution < 1.29 is 8.42 Å². The Morgan fingerprint density at radius 1 is 1.14 bits per heavy atom. The summed E-state index contributed by atoms with van der Waals surface area (Å²) >= 11 is 6.14. The number of fused-ring (bicyclic) bond motifs is 1. The zero-order chi connectivity index (χ0) is 15.0. The van der Waals surface area contributed by atoms with E-state index in [0.29, 0.717) is 28.3 Å². The molecule has 0 saturated heterocycles. The fourth-order valence-corrected chi connectivity index (χ4v) is 3.30. The van der Waals surface area contributed by atoms with Crippen molar-refractivity contribution in [3.63, 3.8) is 0 Å². The predicted molar refractivity (Wildman–Crippen MR) is 83.5 cm³/mol. The van der Waals surface area contributed by atoms with Crippen LogP contribution < -0.4 is 0 Å². The van der Waals surface area contributed by atoms with Gasteiger partial charge in [0.1, 0.15) is 11.3 Å². The summed E-state index contributed by atoms with van der Waals surface area (Å²) in [7, 11) is -3.31. The van der Waals surface area contributed by atoms with Crippen LogP contribution in [-0.2, 0) is 16.3 Å². The molecule has 1 N–H and O–H groups in total. The van der Waals surface area contributed by atoms with Crippen molar-refractivity contribution >= 4 is 32.5 Å². The third kappa shape index (κ3) is 2.80. The van der Waals surface area contributed by atoms with E-state index >= 15 is 0 Å². The molecular weight excluding hydrogens is 308 g/mol. The molecule has 3 rings (SSSR count). The number of nitrogens with zero attached hydrogens (tertiary/aromatic N) is 1. The lowest BCUT2D eigenvalue weighted by molar-refractivity contribution is 0.602. The van der Waals surface area contributed by atoms with Gasteiger partial charge in [0.15, 0.2) is 9.84 Å². The Kier molecular flexibility index (Phi) is 3.47. The smallest absolute Gasteiger partial charge is 0.177 e. The normalized spacial score (nSPS) is 11.9. The number of H-pyrrole nitrogens is 1. The van der Waals surface area contributed by atoms with Crippen molar-refractivity contribution in [2.75, 3.05) is 6.26 Å². The van der Waals surface area contributed by atoms with Gasteiger partial charge >= 0.3 is 0 Å². The van der Waals surface area contributed by atoms with Gasteiger partial charge in [0.25, 0.3) is 0 Å². The van der Waals surface area contributed by atoms with Crippen LogP contribution in [0.25, 0.3) is 11.0 Å². The minimum Gasteiger partial charge on any atom is -0.342 e. The number of imidazole rings is 1. The lowest BCUT2D eigenvalue weighted by atomic mass is 10.1. The first-order valence-electron chi connectivity index (χ1n) is 6.36. The van der Waals surface area contributed by atoms with E-state index in [-0.39, 0.29) is 4.90 Å². The molecule has 1 heterocycles. The summed E-state index contributed by atoms with van der Waals surface area (Å²) in [5, 5.41) is 0.668. The number of sulfone groups is 1. The van der Waals surface area contributed by atoms with E-state index in [1.165, 1.54) is 6.26 Å². The monoisotopic (exact) mass is 320 g/mol. The van der Waals surface area contributed by atoms with Gasteiger partial charge in [0.2, 0.25) is 0 Å². The van der Waals surface area contributed by atoms with Gasteiger partial charge in [-0.15, -0.1) is 0 Å². The Hall–Kier alpha value is -1.85. The molecular formula is C15H13ClN2O2S. The van der Waals surface area contributed by atoms with Gasteiger partial charge in [-0.05, 0) is 23.8 Å². The quantitative estimate of drug-likeness (QED) is 0.806. The average molecular weight is 321 g/mol. The molecule has 0 spiro atoms. The van der Waals surface area contributed by atoms with Crippen molar-refractivity contribution in [2.45, 2.75) is 11.3 Å². The van der Waals surface area contributed by atoms with Crippen LogP contribution in [-0.4, -0.2) is 24.6 Å². The third-order valence-electron chi connectivity index (χ3n) is 3.24. The first-order valence-corrected chi connectivity index (χ1v) is 8.63. The van der Waals surface area contributed by atoms with Gasteiger partial charge in [-0.25, -0.2) is 13.4 Å². The van der Waals surface area contributed by atoms with E-state index in [1.807, 2.05) is 30.3 Å². The number of benzene rings is 2. The van der Waals surface area contributed by atoms with Gasteiger partial charge < -0.3 is 4.98 Å². The van der Waals surface area contributed by atoms with Gasteiger partial charge in [0.05, 0.1) is 10.4 Å². The van der Waals surface area contributed by atoms with E-state index in [2.05, 4.69) is 9.97 Å². The molecule has 108 valence electrons. The Morgan fingerprint density at radius 3 is 2.62 bits per heavy atom. The average Bonchev–Trinajstić information content (AvgIpc) is 2.82. The molecule has 0 atom stereocenters. The maximum Gasteiger partial charge on any atom is 0.177 e. The largest absolute Gasteiger partial charge is 0.342 e. The third-order valence-corrected chi connectivity index (χ3v) is 4.74. The Balaban J connectivity index is 2.08. The molecule has 0 saturated carbocycles. The highest BCUT2D eigenvalue weighted by Crippen LogP contribution is 2.23. The van der Waals surface area contributed by atoms with E-state index in [9.17, 15) is 8.42 Å². The molecule has 0 amide bonds. The molecule has 3 aromatic rings. The van der Waals surface area contributed by atoms with Gasteiger partial charge in [-0.2, -0.15) is 0 Å². The second-order valence-electron chi connectivity index (χ2n) is 4.88. The maximum atomic E-state index is 11.8. The van der Waals surface area contributed by atoms with E-state index in [1.54, 1.807) is 12.1 Å². The van der Waals surface area contributed by atoms with Crippen LogP contribution in [0, 0.1) is 0 Å². The molecule has 0 fully saturated rings. The van der Waals surface area contributed by atoms with E-state index in [0.717, 1.165) is 5.56 Å². The number of hydrogen-bond acceptors (Lipinski definition) is 3. The maximum absolute atomic E-state index is 11.8. The first-order chi connectivity index (χ1) is 9.95. The zero-order valence-corrected chi connectivity index (χ0v) is 12.9. The summed E-state index contributed by atoms with van der Waals surface area (Å²) in [5.74, 6) is 0.689.